The summed E-state index contributed by atoms with van der Waals surface area (Å²) in [5.41, 5.74) is 0.685. The summed E-state index contributed by atoms with van der Waals surface area (Å²) in [7, 11) is 1.76. The number of aryl methyl sites for hydroxylation is 1. The summed E-state index contributed by atoms with van der Waals surface area (Å²) in [4.78, 5) is 22.9. The van der Waals surface area contributed by atoms with Gasteiger partial charge in [-0.3, -0.25) is 14.3 Å². The summed E-state index contributed by atoms with van der Waals surface area (Å²) < 4.78 is 15.5. The first-order chi connectivity index (χ1) is 10.5. The third kappa shape index (κ3) is 4.29. The molecule has 0 radical (unpaired) electrons. The molecule has 0 amide bonds. The topological polar surface area (TPSA) is 72.2 Å². The third-order valence-corrected chi connectivity index (χ3v) is 3.70. The monoisotopic (exact) mass is 320 g/mol. The van der Waals surface area contributed by atoms with Crippen molar-refractivity contribution in [1.29, 1.82) is 0 Å². The Balaban J connectivity index is 2.09. The molecule has 0 atom stereocenters. The van der Waals surface area contributed by atoms with Crippen molar-refractivity contribution in [1.82, 2.24) is 9.78 Å². The summed E-state index contributed by atoms with van der Waals surface area (Å²) in [6.07, 6.45) is 6.15. The number of hydrogen-bond donors (Lipinski definition) is 1. The molecule has 1 N–H and O–H groups in total. The third-order valence-electron chi connectivity index (χ3n) is 2.72. The average molecular weight is 320 g/mol. The van der Waals surface area contributed by atoms with Crippen LogP contribution in [0.5, 0.6) is 0 Å². The minimum Gasteiger partial charge on any atom is -0.481 e. The van der Waals surface area contributed by atoms with Gasteiger partial charge in [0.15, 0.2) is 5.78 Å². The van der Waals surface area contributed by atoms with Gasteiger partial charge in [-0.15, -0.1) is 11.8 Å². The largest absolute Gasteiger partial charge is 0.481 e. The molecule has 5 nitrogen and oxygen atoms in total. The molecule has 1 aromatic heterocycles. The second-order valence-corrected chi connectivity index (χ2v) is 5.52. The van der Waals surface area contributed by atoms with Gasteiger partial charge >= 0.3 is 5.97 Å². The molecule has 0 aliphatic rings. The summed E-state index contributed by atoms with van der Waals surface area (Å²) in [5, 5.41) is 12.5. The lowest BCUT2D eigenvalue weighted by atomic mass is 10.1. The zero-order valence-corrected chi connectivity index (χ0v) is 12.5. The van der Waals surface area contributed by atoms with Gasteiger partial charge in [0, 0.05) is 23.7 Å². The minimum atomic E-state index is -0.982. The number of aliphatic carboxylic acids is 1. The van der Waals surface area contributed by atoms with Crippen LogP contribution in [0.1, 0.15) is 15.9 Å². The number of rotatable bonds is 6. The molecule has 0 aliphatic carbocycles. The first-order valence-corrected chi connectivity index (χ1v) is 7.29. The normalized spacial score (nSPS) is 11.0. The lowest BCUT2D eigenvalue weighted by molar-refractivity contribution is -0.133. The molecule has 114 valence electrons. The van der Waals surface area contributed by atoms with E-state index in [-0.39, 0.29) is 11.3 Å². The molecule has 0 saturated heterocycles. The maximum atomic E-state index is 13.9. The predicted octanol–water partition coefficient (Wildman–Crippen LogP) is 2.63. The van der Waals surface area contributed by atoms with Crippen LogP contribution in [-0.4, -0.2) is 32.4 Å². The fourth-order valence-electron chi connectivity index (χ4n) is 1.72. The molecule has 0 bridgehead atoms. The summed E-state index contributed by atoms with van der Waals surface area (Å²) in [6.45, 7) is 0. The van der Waals surface area contributed by atoms with E-state index < -0.39 is 17.6 Å². The molecule has 2 aromatic rings. The number of carbonyl (C=O) groups excluding carboxylic acids is 1. The Morgan fingerprint density at radius 3 is 2.82 bits per heavy atom. The van der Waals surface area contributed by atoms with Crippen molar-refractivity contribution in [3.8, 4) is 0 Å². The Labute approximate surface area is 130 Å². The van der Waals surface area contributed by atoms with Crippen molar-refractivity contribution in [2.45, 2.75) is 4.90 Å². The van der Waals surface area contributed by atoms with Crippen LogP contribution in [0.2, 0.25) is 0 Å². The van der Waals surface area contributed by atoms with Crippen LogP contribution < -0.4 is 0 Å². The molecular formula is C15H13FN2O3S. The van der Waals surface area contributed by atoms with Crippen molar-refractivity contribution in [2.24, 2.45) is 7.05 Å². The lowest BCUT2D eigenvalue weighted by Gasteiger charge is -2.02. The fraction of sp³-hybridized carbons (Fsp3) is 0.133. The van der Waals surface area contributed by atoms with Crippen LogP contribution in [-0.2, 0) is 11.8 Å². The molecule has 0 aliphatic heterocycles. The highest BCUT2D eigenvalue weighted by Crippen LogP contribution is 2.21. The van der Waals surface area contributed by atoms with E-state index in [1.54, 1.807) is 30.2 Å². The Kier molecular flexibility index (Phi) is 5.11. The molecule has 0 unspecified atom stereocenters. The second kappa shape index (κ2) is 7.04. The number of carboxylic acid groups (broad SMARTS) is 1. The van der Waals surface area contributed by atoms with E-state index >= 15 is 0 Å². The number of thioether (sulfide) groups is 1. The van der Waals surface area contributed by atoms with E-state index in [0.717, 1.165) is 17.3 Å². The van der Waals surface area contributed by atoms with Gasteiger partial charge in [0.1, 0.15) is 5.82 Å². The van der Waals surface area contributed by atoms with Gasteiger partial charge in [0.05, 0.1) is 17.5 Å². The Hall–Kier alpha value is -2.41. The van der Waals surface area contributed by atoms with Crippen LogP contribution in [0.25, 0.3) is 6.08 Å². The van der Waals surface area contributed by atoms with Gasteiger partial charge in [-0.05, 0) is 30.4 Å². The van der Waals surface area contributed by atoms with Gasteiger partial charge in [-0.2, -0.15) is 5.10 Å². The smallest absolute Gasteiger partial charge is 0.313 e. The number of halogens is 1. The van der Waals surface area contributed by atoms with Crippen molar-refractivity contribution in [2.75, 3.05) is 5.75 Å². The van der Waals surface area contributed by atoms with E-state index in [4.69, 9.17) is 5.11 Å². The van der Waals surface area contributed by atoms with E-state index in [1.165, 1.54) is 24.3 Å². The Bertz CT molecular complexity index is 740. The number of nitrogens with zero attached hydrogens (tertiary/aromatic N) is 2. The number of benzene rings is 1. The van der Waals surface area contributed by atoms with Crippen LogP contribution in [0, 0.1) is 5.82 Å². The van der Waals surface area contributed by atoms with Crippen LogP contribution >= 0.6 is 11.8 Å². The fourth-order valence-corrected chi connectivity index (χ4v) is 2.36. The lowest BCUT2D eigenvalue weighted by Crippen LogP contribution is -2.00. The predicted molar refractivity (Wildman–Crippen MR) is 81.3 cm³/mol. The average Bonchev–Trinajstić information content (AvgIpc) is 2.88. The number of ketones is 1. The van der Waals surface area contributed by atoms with Crippen molar-refractivity contribution >= 4 is 29.6 Å². The molecule has 1 heterocycles. The van der Waals surface area contributed by atoms with Crippen molar-refractivity contribution < 1.29 is 19.1 Å². The van der Waals surface area contributed by atoms with Crippen LogP contribution in [0.15, 0.2) is 41.6 Å². The molecule has 0 saturated carbocycles. The number of hydrogen-bond acceptors (Lipinski definition) is 4. The molecule has 2 rings (SSSR count). The second-order valence-electron chi connectivity index (χ2n) is 4.47. The van der Waals surface area contributed by atoms with E-state index in [2.05, 4.69) is 5.10 Å². The maximum absolute atomic E-state index is 13.9. The molecule has 22 heavy (non-hydrogen) atoms. The van der Waals surface area contributed by atoms with E-state index in [1.807, 2.05) is 0 Å². The van der Waals surface area contributed by atoms with Gasteiger partial charge in [0.25, 0.3) is 0 Å². The zero-order chi connectivity index (χ0) is 16.1. The van der Waals surface area contributed by atoms with Crippen LogP contribution in [0.3, 0.4) is 0 Å². The minimum absolute atomic E-state index is 0.0557. The van der Waals surface area contributed by atoms with Gasteiger partial charge in [-0.25, -0.2) is 4.39 Å². The van der Waals surface area contributed by atoms with Gasteiger partial charge in [0.2, 0.25) is 0 Å². The molecule has 0 spiro atoms. The van der Waals surface area contributed by atoms with Gasteiger partial charge in [-0.1, -0.05) is 0 Å². The number of carbonyl (C=O) groups is 2. The summed E-state index contributed by atoms with van der Waals surface area (Å²) >= 11 is 0.996. The zero-order valence-electron chi connectivity index (χ0n) is 11.7. The Morgan fingerprint density at radius 2 is 2.23 bits per heavy atom. The standard InChI is InChI=1S/C15H13FN2O3S/c1-18-8-10(7-17-18)2-5-14(19)12-4-3-11(6-13(12)16)22-9-15(20)21/h2-8H,9H2,1H3,(H,20,21). The maximum Gasteiger partial charge on any atom is 0.313 e. The number of aromatic nitrogens is 2. The molecule has 7 heteroatoms. The summed E-state index contributed by atoms with van der Waals surface area (Å²) in [6, 6.07) is 4.05. The first kappa shape index (κ1) is 16.0. The number of carboxylic acids is 1. The quantitative estimate of drug-likeness (QED) is 0.503. The highest BCUT2D eigenvalue weighted by atomic mass is 32.2. The SMILES string of the molecule is Cn1cc(C=CC(=O)c2ccc(SCC(=O)O)cc2F)cn1. The first-order valence-electron chi connectivity index (χ1n) is 6.31. The van der Waals surface area contributed by atoms with Crippen LogP contribution in [0.4, 0.5) is 4.39 Å². The van der Waals surface area contributed by atoms with E-state index in [0.29, 0.717) is 4.90 Å². The van der Waals surface area contributed by atoms with E-state index in [9.17, 15) is 14.0 Å². The van der Waals surface area contributed by atoms with Crippen molar-refractivity contribution in [3.63, 3.8) is 0 Å². The molecular weight excluding hydrogens is 307 g/mol. The number of allylic oxidation sites excluding steroid dienone is 1. The highest BCUT2D eigenvalue weighted by Gasteiger charge is 2.10. The van der Waals surface area contributed by atoms with Gasteiger partial charge < -0.3 is 5.11 Å². The Morgan fingerprint density at radius 1 is 1.45 bits per heavy atom. The highest BCUT2D eigenvalue weighted by molar-refractivity contribution is 8.00. The molecule has 0 fully saturated rings. The molecule has 1 aromatic carbocycles. The van der Waals surface area contributed by atoms with Crippen molar-refractivity contribution in [3.05, 3.63) is 53.6 Å². The summed E-state index contributed by atoms with van der Waals surface area (Å²) in [5.74, 6) is -2.27.